The summed E-state index contributed by atoms with van der Waals surface area (Å²) in [4.78, 5) is 22.8. The Hall–Kier alpha value is -1.66. The first-order valence-corrected chi connectivity index (χ1v) is 6.31. The van der Waals surface area contributed by atoms with Gasteiger partial charge in [-0.25, -0.2) is 0 Å². The van der Waals surface area contributed by atoms with E-state index < -0.39 is 11.8 Å². The zero-order chi connectivity index (χ0) is 11.4. The Balaban J connectivity index is 1.92. The van der Waals surface area contributed by atoms with Gasteiger partial charge in [-0.05, 0) is 22.9 Å². The molecule has 0 unspecified atom stereocenters. The predicted octanol–water partition coefficient (Wildman–Crippen LogP) is 2.39. The summed E-state index contributed by atoms with van der Waals surface area (Å²) in [6.45, 7) is 0. The monoisotopic (exact) mass is 252 g/mol. The summed E-state index contributed by atoms with van der Waals surface area (Å²) in [5.74, 6) is -1.32. The number of carbonyl (C=O) groups excluding carboxylic acids is 2. The van der Waals surface area contributed by atoms with Crippen molar-refractivity contribution in [3.05, 3.63) is 33.7 Å². The fraction of sp³-hybridized carbons (Fsp3) is 0. The molecule has 2 heterocycles. The van der Waals surface area contributed by atoms with Crippen molar-refractivity contribution in [1.29, 1.82) is 0 Å². The van der Waals surface area contributed by atoms with E-state index in [9.17, 15) is 9.59 Å². The van der Waals surface area contributed by atoms with Crippen molar-refractivity contribution in [3.8, 4) is 0 Å². The quantitative estimate of drug-likeness (QED) is 0.806. The summed E-state index contributed by atoms with van der Waals surface area (Å²) in [6.07, 6.45) is 0. The second-order valence-electron chi connectivity index (χ2n) is 2.93. The van der Waals surface area contributed by atoms with Gasteiger partial charge >= 0.3 is 11.8 Å². The van der Waals surface area contributed by atoms with Crippen LogP contribution in [0.1, 0.15) is 0 Å². The van der Waals surface area contributed by atoms with E-state index in [4.69, 9.17) is 0 Å². The molecule has 0 saturated heterocycles. The zero-order valence-corrected chi connectivity index (χ0v) is 9.73. The molecule has 0 fully saturated rings. The molecule has 0 aliphatic carbocycles. The third-order valence-corrected chi connectivity index (χ3v) is 3.13. The van der Waals surface area contributed by atoms with Crippen LogP contribution < -0.4 is 10.6 Å². The number of carbonyl (C=O) groups is 2. The minimum Gasteiger partial charge on any atom is -0.317 e. The van der Waals surface area contributed by atoms with E-state index in [0.29, 0.717) is 11.4 Å². The van der Waals surface area contributed by atoms with Gasteiger partial charge in [0.15, 0.2) is 0 Å². The first-order chi connectivity index (χ1) is 7.75. The summed E-state index contributed by atoms with van der Waals surface area (Å²) in [6, 6.07) is 3.47. The van der Waals surface area contributed by atoms with Crippen molar-refractivity contribution >= 4 is 45.9 Å². The summed E-state index contributed by atoms with van der Waals surface area (Å²) in [7, 11) is 0. The maximum atomic E-state index is 11.4. The van der Waals surface area contributed by atoms with Crippen LogP contribution in [0.2, 0.25) is 0 Å². The molecule has 16 heavy (non-hydrogen) atoms. The lowest BCUT2D eigenvalue weighted by atomic mass is 10.4. The highest BCUT2D eigenvalue weighted by Gasteiger charge is 2.13. The van der Waals surface area contributed by atoms with Crippen molar-refractivity contribution in [2.24, 2.45) is 0 Å². The van der Waals surface area contributed by atoms with E-state index in [1.165, 1.54) is 22.7 Å². The van der Waals surface area contributed by atoms with Gasteiger partial charge in [-0.15, -0.1) is 0 Å². The van der Waals surface area contributed by atoms with E-state index in [1.54, 1.807) is 22.9 Å². The minimum absolute atomic E-state index is 0.635. The highest BCUT2D eigenvalue weighted by molar-refractivity contribution is 7.08. The maximum absolute atomic E-state index is 11.4. The Labute approximate surface area is 99.9 Å². The van der Waals surface area contributed by atoms with Gasteiger partial charge in [0.05, 0.1) is 11.4 Å². The molecule has 0 bridgehead atoms. The van der Waals surface area contributed by atoms with Crippen LogP contribution in [0.5, 0.6) is 0 Å². The molecule has 0 aliphatic rings. The second kappa shape index (κ2) is 4.91. The SMILES string of the molecule is O=C(Nc1ccsc1)C(=O)Nc1ccsc1. The summed E-state index contributed by atoms with van der Waals surface area (Å²) < 4.78 is 0. The molecule has 0 spiro atoms. The van der Waals surface area contributed by atoms with Crippen LogP contribution >= 0.6 is 22.7 Å². The van der Waals surface area contributed by atoms with Crippen molar-refractivity contribution in [1.82, 2.24) is 0 Å². The van der Waals surface area contributed by atoms with Gasteiger partial charge < -0.3 is 10.6 Å². The molecule has 0 atom stereocenters. The van der Waals surface area contributed by atoms with Crippen LogP contribution in [0, 0.1) is 0 Å². The number of hydrogen-bond acceptors (Lipinski definition) is 4. The Kier molecular flexibility index (Phi) is 3.33. The molecular formula is C10H8N2O2S2. The first-order valence-electron chi connectivity index (χ1n) is 4.42. The molecule has 0 aliphatic heterocycles. The molecule has 0 aromatic carbocycles. The molecule has 2 amide bonds. The number of anilines is 2. The van der Waals surface area contributed by atoms with Crippen molar-refractivity contribution in [3.63, 3.8) is 0 Å². The molecule has 2 N–H and O–H groups in total. The van der Waals surface area contributed by atoms with Crippen LogP contribution in [-0.4, -0.2) is 11.8 Å². The fourth-order valence-corrected chi connectivity index (χ4v) is 2.22. The summed E-state index contributed by atoms with van der Waals surface area (Å²) >= 11 is 2.91. The first kappa shape index (κ1) is 10.8. The van der Waals surface area contributed by atoms with Crippen LogP contribution in [0.25, 0.3) is 0 Å². The molecule has 0 saturated carbocycles. The average Bonchev–Trinajstić information content (AvgIpc) is 2.90. The van der Waals surface area contributed by atoms with Crippen LogP contribution in [-0.2, 0) is 9.59 Å². The summed E-state index contributed by atoms with van der Waals surface area (Å²) in [5.41, 5.74) is 1.27. The molecule has 0 radical (unpaired) electrons. The standard InChI is InChI=1S/C10H8N2O2S2/c13-9(11-7-1-3-15-5-7)10(14)12-8-2-4-16-6-8/h1-6H,(H,11,13)(H,12,14). The average molecular weight is 252 g/mol. The van der Waals surface area contributed by atoms with Gasteiger partial charge in [-0.1, -0.05) is 0 Å². The number of thiophene rings is 2. The Morgan fingerprint density at radius 1 is 0.875 bits per heavy atom. The van der Waals surface area contributed by atoms with E-state index in [2.05, 4.69) is 10.6 Å². The fourth-order valence-electron chi connectivity index (χ4n) is 1.05. The van der Waals surface area contributed by atoms with E-state index >= 15 is 0 Å². The molecule has 2 rings (SSSR count). The van der Waals surface area contributed by atoms with Crippen LogP contribution in [0.3, 0.4) is 0 Å². The second-order valence-corrected chi connectivity index (χ2v) is 4.49. The lowest BCUT2D eigenvalue weighted by Gasteiger charge is -2.02. The topological polar surface area (TPSA) is 58.2 Å². The molecule has 2 aromatic heterocycles. The third-order valence-electron chi connectivity index (χ3n) is 1.76. The maximum Gasteiger partial charge on any atom is 0.314 e. The smallest absolute Gasteiger partial charge is 0.314 e. The lowest BCUT2D eigenvalue weighted by molar-refractivity contribution is -0.132. The largest absolute Gasteiger partial charge is 0.317 e. The van der Waals surface area contributed by atoms with Gasteiger partial charge in [0.1, 0.15) is 0 Å². The lowest BCUT2D eigenvalue weighted by Crippen LogP contribution is -2.28. The molecule has 4 nitrogen and oxygen atoms in total. The van der Waals surface area contributed by atoms with Gasteiger partial charge in [0, 0.05) is 10.8 Å². The third kappa shape index (κ3) is 2.68. The minimum atomic E-state index is -0.662. The predicted molar refractivity (Wildman–Crippen MR) is 65.9 cm³/mol. The van der Waals surface area contributed by atoms with Crippen LogP contribution in [0.4, 0.5) is 11.4 Å². The number of rotatable bonds is 2. The highest BCUT2D eigenvalue weighted by atomic mass is 32.1. The van der Waals surface area contributed by atoms with Crippen molar-refractivity contribution < 1.29 is 9.59 Å². The van der Waals surface area contributed by atoms with Crippen molar-refractivity contribution in [2.75, 3.05) is 10.6 Å². The van der Waals surface area contributed by atoms with E-state index in [1.807, 2.05) is 10.8 Å². The molecular weight excluding hydrogens is 244 g/mol. The number of hydrogen-bond donors (Lipinski definition) is 2. The van der Waals surface area contributed by atoms with Crippen molar-refractivity contribution in [2.45, 2.75) is 0 Å². The van der Waals surface area contributed by atoms with Gasteiger partial charge in [0.2, 0.25) is 0 Å². The van der Waals surface area contributed by atoms with E-state index in [-0.39, 0.29) is 0 Å². The molecule has 82 valence electrons. The number of nitrogens with one attached hydrogen (secondary N) is 2. The molecule has 6 heteroatoms. The van der Waals surface area contributed by atoms with E-state index in [0.717, 1.165) is 0 Å². The number of amides is 2. The summed E-state index contributed by atoms with van der Waals surface area (Å²) in [5, 5.41) is 12.2. The van der Waals surface area contributed by atoms with Crippen LogP contribution in [0.15, 0.2) is 33.7 Å². The highest BCUT2D eigenvalue weighted by Crippen LogP contribution is 2.13. The van der Waals surface area contributed by atoms with Gasteiger partial charge in [-0.3, -0.25) is 9.59 Å². The Morgan fingerprint density at radius 2 is 1.31 bits per heavy atom. The Morgan fingerprint density at radius 3 is 1.62 bits per heavy atom. The van der Waals surface area contributed by atoms with Gasteiger partial charge in [-0.2, -0.15) is 22.7 Å². The van der Waals surface area contributed by atoms with Gasteiger partial charge in [0.25, 0.3) is 0 Å². The molecule has 2 aromatic rings. The Bertz CT molecular complexity index is 431. The normalized spacial score (nSPS) is 9.75. The zero-order valence-electron chi connectivity index (χ0n) is 8.10.